The lowest BCUT2D eigenvalue weighted by molar-refractivity contribution is -0.274. The van der Waals surface area contributed by atoms with Crippen LogP contribution < -0.4 is 14.5 Å². The first-order valence-electron chi connectivity index (χ1n) is 17.5. The largest absolute Gasteiger partial charge is 0.573 e. The molecule has 15 nitrogen and oxygen atoms in total. The van der Waals surface area contributed by atoms with E-state index in [1.807, 2.05) is 20.8 Å². The molecule has 2 amide bonds. The highest BCUT2D eigenvalue weighted by Gasteiger charge is 2.40. The maximum absolute atomic E-state index is 13.0. The minimum atomic E-state index is -4.85. The van der Waals surface area contributed by atoms with E-state index in [1.54, 1.807) is 32.9 Å². The molecule has 0 bridgehead atoms. The highest BCUT2D eigenvalue weighted by atomic mass is 35.5. The van der Waals surface area contributed by atoms with E-state index in [4.69, 9.17) is 21.1 Å². The number of hydrogen-bond acceptors (Lipinski definition) is 11. The summed E-state index contributed by atoms with van der Waals surface area (Å²) in [5.74, 6) is 0.324. The highest BCUT2D eigenvalue weighted by Crippen LogP contribution is 2.37. The minimum Gasteiger partial charge on any atom is -0.443 e. The number of fused-ring (bicyclic) bond motifs is 2. The monoisotopic (exact) mass is 798 g/mol. The van der Waals surface area contributed by atoms with Gasteiger partial charge in [0.05, 0.1) is 29.2 Å². The zero-order valence-corrected chi connectivity index (χ0v) is 32.0. The quantitative estimate of drug-likeness (QED) is 0.110. The fraction of sp³-hybridized carbons (Fsp3) is 0.405. The van der Waals surface area contributed by atoms with Crippen LogP contribution in [0.25, 0.3) is 22.6 Å². The molecular formula is C37H38ClF3N8O7. The first-order valence-corrected chi connectivity index (χ1v) is 17.9. The van der Waals surface area contributed by atoms with Crippen molar-refractivity contribution in [2.24, 2.45) is 0 Å². The summed E-state index contributed by atoms with van der Waals surface area (Å²) < 4.78 is 55.9. The second-order valence-electron chi connectivity index (χ2n) is 15.1. The molecule has 2 saturated carbocycles. The number of aromatic nitrogens is 6. The van der Waals surface area contributed by atoms with Crippen molar-refractivity contribution in [1.29, 1.82) is 0 Å². The first-order chi connectivity index (χ1) is 26.2. The Balaban J connectivity index is 0.000000202. The fourth-order valence-corrected chi connectivity index (χ4v) is 5.73. The van der Waals surface area contributed by atoms with E-state index in [0.717, 1.165) is 25.7 Å². The Morgan fingerprint density at radius 3 is 1.70 bits per heavy atom. The van der Waals surface area contributed by atoms with Crippen LogP contribution in [0.1, 0.15) is 87.9 Å². The van der Waals surface area contributed by atoms with Gasteiger partial charge >= 0.3 is 18.5 Å². The smallest absolute Gasteiger partial charge is 0.443 e. The summed E-state index contributed by atoms with van der Waals surface area (Å²) in [4.78, 5) is 59.8. The van der Waals surface area contributed by atoms with E-state index in [-0.39, 0.29) is 34.1 Å². The van der Waals surface area contributed by atoms with Gasteiger partial charge in [-0.1, -0.05) is 23.7 Å². The average Bonchev–Trinajstić information content (AvgIpc) is 4.01. The number of amides is 2. The van der Waals surface area contributed by atoms with E-state index in [2.05, 4.69) is 24.9 Å². The van der Waals surface area contributed by atoms with Crippen LogP contribution >= 0.6 is 11.6 Å². The van der Waals surface area contributed by atoms with Gasteiger partial charge in [0.15, 0.2) is 23.9 Å². The number of alkyl halides is 3. The van der Waals surface area contributed by atoms with Gasteiger partial charge in [-0.25, -0.2) is 19.6 Å². The van der Waals surface area contributed by atoms with Gasteiger partial charge in [0.25, 0.3) is 0 Å². The number of carbonyl (C=O) groups is 4. The molecule has 0 saturated heterocycles. The third kappa shape index (κ3) is 9.35. The van der Waals surface area contributed by atoms with Crippen molar-refractivity contribution in [3.05, 3.63) is 65.1 Å². The van der Waals surface area contributed by atoms with Crippen LogP contribution in [0.4, 0.5) is 34.4 Å². The van der Waals surface area contributed by atoms with Gasteiger partial charge in [-0.05, 0) is 79.4 Å². The van der Waals surface area contributed by atoms with Crippen LogP contribution in [0.2, 0.25) is 5.15 Å². The second-order valence-corrected chi connectivity index (χ2v) is 15.5. The lowest BCUT2D eigenvalue weighted by atomic mass is 10.1. The predicted molar refractivity (Wildman–Crippen MR) is 197 cm³/mol. The van der Waals surface area contributed by atoms with Crippen LogP contribution in [0.3, 0.4) is 0 Å². The van der Waals surface area contributed by atoms with Gasteiger partial charge in [0.1, 0.15) is 33.7 Å². The van der Waals surface area contributed by atoms with Gasteiger partial charge in [-0.3, -0.25) is 19.4 Å². The van der Waals surface area contributed by atoms with Crippen molar-refractivity contribution in [2.75, 3.05) is 9.80 Å². The molecule has 5 aromatic rings. The average molecular weight is 799 g/mol. The third-order valence-electron chi connectivity index (χ3n) is 8.04. The van der Waals surface area contributed by atoms with Gasteiger partial charge in [-0.15, -0.1) is 13.2 Å². The Morgan fingerprint density at radius 1 is 0.768 bits per heavy atom. The van der Waals surface area contributed by atoms with E-state index >= 15 is 0 Å². The van der Waals surface area contributed by atoms with Gasteiger partial charge in [0, 0.05) is 29.8 Å². The molecule has 4 aromatic heterocycles. The number of ether oxygens (including phenoxy) is 3. The molecule has 56 heavy (non-hydrogen) atoms. The molecule has 0 atom stereocenters. The fourth-order valence-electron chi connectivity index (χ4n) is 5.56. The molecular weight excluding hydrogens is 761 g/mol. The van der Waals surface area contributed by atoms with Crippen LogP contribution in [-0.4, -0.2) is 83.6 Å². The molecule has 2 aliphatic carbocycles. The number of nitrogens with zero attached hydrogens (tertiary/aromatic N) is 8. The summed E-state index contributed by atoms with van der Waals surface area (Å²) in [5.41, 5.74) is 0.139. The van der Waals surface area contributed by atoms with E-state index in [0.29, 0.717) is 41.0 Å². The number of aldehydes is 2. The molecule has 7 rings (SSSR count). The Kier molecular flexibility index (Phi) is 10.7. The van der Waals surface area contributed by atoms with Crippen molar-refractivity contribution >= 4 is 59.3 Å². The van der Waals surface area contributed by atoms with Crippen molar-refractivity contribution < 1.29 is 46.6 Å². The normalized spacial score (nSPS) is 14.5. The highest BCUT2D eigenvalue weighted by molar-refractivity contribution is 6.30. The first kappa shape index (κ1) is 39.9. The van der Waals surface area contributed by atoms with Crippen molar-refractivity contribution in [3.8, 4) is 17.0 Å². The molecule has 1 aromatic carbocycles. The third-order valence-corrected chi connectivity index (χ3v) is 8.24. The molecule has 0 radical (unpaired) electrons. The van der Waals surface area contributed by atoms with Crippen molar-refractivity contribution in [2.45, 2.75) is 96.9 Å². The lowest BCUT2D eigenvalue weighted by Crippen LogP contribution is -2.39. The number of halogens is 4. The maximum atomic E-state index is 13.0. The lowest BCUT2D eigenvalue weighted by Gasteiger charge is -2.27. The zero-order valence-electron chi connectivity index (χ0n) is 31.2. The molecule has 0 spiro atoms. The summed E-state index contributed by atoms with van der Waals surface area (Å²) in [6, 6.07) is 8.29. The molecule has 296 valence electrons. The van der Waals surface area contributed by atoms with Crippen LogP contribution in [-0.2, 0) is 9.47 Å². The van der Waals surface area contributed by atoms with Crippen molar-refractivity contribution in [1.82, 2.24) is 29.2 Å². The molecule has 2 aliphatic rings. The zero-order chi connectivity index (χ0) is 40.7. The van der Waals surface area contributed by atoms with Gasteiger partial charge in [0.2, 0.25) is 0 Å². The molecule has 19 heteroatoms. The molecule has 0 aliphatic heterocycles. The number of benzene rings is 1. The Labute approximate surface area is 323 Å². The van der Waals surface area contributed by atoms with Gasteiger partial charge < -0.3 is 14.2 Å². The molecule has 0 N–H and O–H groups in total. The van der Waals surface area contributed by atoms with E-state index in [9.17, 15) is 32.3 Å². The summed E-state index contributed by atoms with van der Waals surface area (Å²) in [5, 5.41) is 8.54. The molecule has 2 fully saturated rings. The maximum Gasteiger partial charge on any atom is 0.573 e. The minimum absolute atomic E-state index is 0.0374. The second kappa shape index (κ2) is 15.0. The summed E-state index contributed by atoms with van der Waals surface area (Å²) >= 11 is 6.07. The number of rotatable bonds is 8. The van der Waals surface area contributed by atoms with Crippen LogP contribution in [0.15, 0.2) is 48.8 Å². The van der Waals surface area contributed by atoms with E-state index < -0.39 is 35.5 Å². The SMILES string of the molecule is CC(C)(C)OC(=O)N(c1cc(-c2cccc(OC(F)(F)F)c2)nc2c(C=O)cnn12)C1CC1.CC(C)(C)OC(=O)N(c1cc(Cl)nc2c(C=O)cnn12)C1CC1. The van der Waals surface area contributed by atoms with Crippen LogP contribution in [0.5, 0.6) is 5.75 Å². The molecule has 0 unspecified atom stereocenters. The number of hydrogen-bond donors (Lipinski definition) is 0. The Morgan fingerprint density at radius 2 is 1.25 bits per heavy atom. The van der Waals surface area contributed by atoms with Crippen LogP contribution in [0, 0.1) is 0 Å². The topological polar surface area (TPSA) is 163 Å². The van der Waals surface area contributed by atoms with E-state index in [1.165, 1.54) is 55.5 Å². The summed E-state index contributed by atoms with van der Waals surface area (Å²) in [6.45, 7) is 10.7. The summed E-state index contributed by atoms with van der Waals surface area (Å²) in [6.07, 6.45) is 1.27. The van der Waals surface area contributed by atoms with Gasteiger partial charge in [-0.2, -0.15) is 19.2 Å². The summed E-state index contributed by atoms with van der Waals surface area (Å²) in [7, 11) is 0. The standard InChI is InChI=1S/C22H21F3N4O4.C15H17ClN4O3/c1-21(2,3)33-20(31)28(15-7-8-15)18-10-17(27-19-14(12-30)11-26-29(18)19)13-5-4-6-16(9-13)32-22(23,24)25;1-15(2,3)23-14(22)19(10-4-5-10)12-6-11(16)18-13-9(8-21)7-17-20(12)13/h4-6,9-12,15H,7-8H2,1-3H3;6-8,10H,4-5H2,1-3H3. The predicted octanol–water partition coefficient (Wildman–Crippen LogP) is 8.11. The number of carbonyl (C=O) groups excluding carboxylic acids is 4. The van der Waals surface area contributed by atoms with Crippen molar-refractivity contribution in [3.63, 3.8) is 0 Å². The Hall–Kier alpha value is -5.78. The number of anilines is 2. The Bertz CT molecular complexity index is 2310. The molecule has 4 heterocycles.